The van der Waals surface area contributed by atoms with Crippen LogP contribution in [-0.2, 0) is 0 Å². The molecule has 98 valence electrons. The highest BCUT2D eigenvalue weighted by atomic mass is 32.1. The van der Waals surface area contributed by atoms with E-state index < -0.39 is 5.91 Å². The Hall–Kier alpha value is -2.65. The number of benzene rings is 1. The van der Waals surface area contributed by atoms with Crippen molar-refractivity contribution in [3.8, 4) is 18.0 Å². The van der Waals surface area contributed by atoms with Crippen LogP contribution >= 0.6 is 11.3 Å². The molecule has 0 radical (unpaired) electrons. The lowest BCUT2D eigenvalue weighted by atomic mass is 10.2. The van der Waals surface area contributed by atoms with Gasteiger partial charge in [0, 0.05) is 5.56 Å². The molecule has 0 saturated heterocycles. The summed E-state index contributed by atoms with van der Waals surface area (Å²) >= 11 is 1.40. The third-order valence-electron chi connectivity index (χ3n) is 2.82. The minimum atomic E-state index is -0.564. The van der Waals surface area contributed by atoms with E-state index in [-0.39, 0.29) is 5.69 Å². The number of aromatic nitrogens is 3. The summed E-state index contributed by atoms with van der Waals surface area (Å²) in [6.45, 7) is 1.87. The highest BCUT2D eigenvalue weighted by molar-refractivity contribution is 7.18. The fraction of sp³-hybridized carbons (Fsp3) is 0.0714. The van der Waals surface area contributed by atoms with Crippen LogP contribution in [0.5, 0.6) is 0 Å². The fourth-order valence-corrected chi connectivity index (χ4v) is 2.86. The second-order valence-corrected chi connectivity index (χ2v) is 5.41. The van der Waals surface area contributed by atoms with Gasteiger partial charge >= 0.3 is 0 Å². The third kappa shape index (κ3) is 1.85. The van der Waals surface area contributed by atoms with Gasteiger partial charge in [0.15, 0.2) is 11.3 Å². The number of terminal acetylenes is 1. The molecule has 0 saturated carbocycles. The highest BCUT2D eigenvalue weighted by Crippen LogP contribution is 2.27. The maximum absolute atomic E-state index is 11.5. The molecule has 3 rings (SSSR count). The molecule has 2 heterocycles. The maximum Gasteiger partial charge on any atom is 0.270 e. The lowest BCUT2D eigenvalue weighted by molar-refractivity contribution is 0.0997. The molecule has 2 aromatic heterocycles. The maximum atomic E-state index is 11.5. The first-order valence-electron chi connectivity index (χ1n) is 5.83. The number of fused-ring (bicyclic) bond motifs is 1. The van der Waals surface area contributed by atoms with Crippen molar-refractivity contribution in [3.63, 3.8) is 0 Å². The number of primary amides is 1. The molecule has 0 fully saturated rings. The van der Waals surface area contributed by atoms with Gasteiger partial charge in [0.05, 0.1) is 10.7 Å². The molecule has 0 atom stereocenters. The number of thiazole rings is 1. The van der Waals surface area contributed by atoms with Gasteiger partial charge in [-0.2, -0.15) is 5.10 Å². The van der Waals surface area contributed by atoms with E-state index in [1.54, 1.807) is 4.68 Å². The Balaban J connectivity index is 2.30. The predicted octanol–water partition coefficient (Wildman–Crippen LogP) is 1.87. The number of amides is 1. The zero-order valence-electron chi connectivity index (χ0n) is 10.6. The van der Waals surface area contributed by atoms with Gasteiger partial charge in [-0.3, -0.25) is 4.79 Å². The van der Waals surface area contributed by atoms with Crippen LogP contribution in [0.3, 0.4) is 0 Å². The first-order valence-corrected chi connectivity index (χ1v) is 6.65. The van der Waals surface area contributed by atoms with Crippen LogP contribution in [0.1, 0.15) is 21.1 Å². The summed E-state index contributed by atoms with van der Waals surface area (Å²) in [5.41, 5.74) is 7.71. The number of aryl methyl sites for hydroxylation is 1. The Kier molecular flexibility index (Phi) is 2.77. The Morgan fingerprint density at radius 1 is 1.50 bits per heavy atom. The van der Waals surface area contributed by atoms with Crippen molar-refractivity contribution in [2.75, 3.05) is 0 Å². The van der Waals surface area contributed by atoms with Crippen LogP contribution in [0.2, 0.25) is 0 Å². The SMILES string of the molecule is C#Cc1cccc(-n2nc(C(N)=O)c3sc(C)nc32)c1. The quantitative estimate of drug-likeness (QED) is 0.729. The van der Waals surface area contributed by atoms with Gasteiger partial charge in [-0.1, -0.05) is 12.0 Å². The van der Waals surface area contributed by atoms with Gasteiger partial charge in [-0.15, -0.1) is 17.8 Å². The van der Waals surface area contributed by atoms with Crippen molar-refractivity contribution in [1.82, 2.24) is 14.8 Å². The van der Waals surface area contributed by atoms with Crippen LogP contribution < -0.4 is 5.73 Å². The van der Waals surface area contributed by atoms with Crippen molar-refractivity contribution in [2.24, 2.45) is 5.73 Å². The smallest absolute Gasteiger partial charge is 0.270 e. The zero-order valence-corrected chi connectivity index (χ0v) is 11.4. The first kappa shape index (κ1) is 12.4. The summed E-state index contributed by atoms with van der Waals surface area (Å²) in [5.74, 6) is 2.01. The molecule has 5 nitrogen and oxygen atoms in total. The van der Waals surface area contributed by atoms with Gasteiger partial charge in [0.25, 0.3) is 5.91 Å². The van der Waals surface area contributed by atoms with Gasteiger partial charge < -0.3 is 5.73 Å². The zero-order chi connectivity index (χ0) is 14.3. The van der Waals surface area contributed by atoms with Crippen LogP contribution in [0.25, 0.3) is 16.0 Å². The lowest BCUT2D eigenvalue weighted by Crippen LogP contribution is -2.12. The highest BCUT2D eigenvalue weighted by Gasteiger charge is 2.19. The Morgan fingerprint density at radius 3 is 3.00 bits per heavy atom. The van der Waals surface area contributed by atoms with Gasteiger partial charge in [0.2, 0.25) is 0 Å². The molecule has 20 heavy (non-hydrogen) atoms. The summed E-state index contributed by atoms with van der Waals surface area (Å²) in [7, 11) is 0. The van der Waals surface area contributed by atoms with E-state index in [2.05, 4.69) is 16.0 Å². The van der Waals surface area contributed by atoms with Crippen LogP contribution in [0, 0.1) is 19.3 Å². The van der Waals surface area contributed by atoms with Gasteiger partial charge in [-0.25, -0.2) is 9.67 Å². The summed E-state index contributed by atoms with van der Waals surface area (Å²) in [5, 5.41) is 5.11. The van der Waals surface area contributed by atoms with Gasteiger partial charge in [-0.05, 0) is 25.1 Å². The Morgan fingerprint density at radius 2 is 2.30 bits per heavy atom. The van der Waals surface area contributed by atoms with Crippen molar-refractivity contribution < 1.29 is 4.79 Å². The standard InChI is InChI=1S/C14H10N4OS/c1-3-9-5-4-6-10(7-9)18-14-12(20-8(2)16-14)11(17-18)13(15)19/h1,4-7H,2H3,(H2,15,19). The number of carbonyl (C=O) groups excluding carboxylic acids is 1. The topological polar surface area (TPSA) is 73.8 Å². The fourth-order valence-electron chi connectivity index (χ4n) is 1.98. The van der Waals surface area contributed by atoms with Crippen LogP contribution in [0.4, 0.5) is 0 Å². The summed E-state index contributed by atoms with van der Waals surface area (Å²) in [4.78, 5) is 15.9. The number of hydrogen-bond acceptors (Lipinski definition) is 4. The second kappa shape index (κ2) is 4.47. The molecular formula is C14H10N4OS. The minimum absolute atomic E-state index is 0.233. The number of nitrogens with two attached hydrogens (primary N) is 1. The van der Waals surface area contributed by atoms with Crippen LogP contribution in [0.15, 0.2) is 24.3 Å². The molecule has 0 aliphatic rings. The second-order valence-electron chi connectivity index (χ2n) is 4.20. The van der Waals surface area contributed by atoms with E-state index in [0.29, 0.717) is 10.3 Å². The Bertz CT molecular complexity index is 869. The van der Waals surface area contributed by atoms with E-state index in [0.717, 1.165) is 16.3 Å². The number of hydrogen-bond donors (Lipinski definition) is 1. The molecule has 0 spiro atoms. The third-order valence-corrected chi connectivity index (χ3v) is 3.79. The molecule has 6 heteroatoms. The molecule has 1 aromatic carbocycles. The van der Waals surface area contributed by atoms with Crippen molar-refractivity contribution in [1.29, 1.82) is 0 Å². The van der Waals surface area contributed by atoms with E-state index in [1.807, 2.05) is 31.2 Å². The molecule has 1 amide bonds. The summed E-state index contributed by atoms with van der Waals surface area (Å²) in [6.07, 6.45) is 5.40. The Labute approximate surface area is 119 Å². The number of rotatable bonds is 2. The molecular weight excluding hydrogens is 272 g/mol. The normalized spacial score (nSPS) is 10.6. The minimum Gasteiger partial charge on any atom is -0.364 e. The molecule has 3 aromatic rings. The molecule has 0 unspecified atom stereocenters. The number of nitrogens with zero attached hydrogens (tertiary/aromatic N) is 3. The van der Waals surface area contributed by atoms with Crippen LogP contribution in [-0.4, -0.2) is 20.7 Å². The van der Waals surface area contributed by atoms with Crippen molar-refractivity contribution >= 4 is 27.6 Å². The summed E-state index contributed by atoms with van der Waals surface area (Å²) in [6, 6.07) is 7.32. The first-order chi connectivity index (χ1) is 9.60. The van der Waals surface area contributed by atoms with E-state index in [9.17, 15) is 4.79 Å². The van der Waals surface area contributed by atoms with Gasteiger partial charge in [0.1, 0.15) is 4.70 Å². The van der Waals surface area contributed by atoms with E-state index in [4.69, 9.17) is 12.2 Å². The average Bonchev–Trinajstić information content (AvgIpc) is 2.95. The monoisotopic (exact) mass is 282 g/mol. The van der Waals surface area contributed by atoms with E-state index in [1.165, 1.54) is 11.3 Å². The predicted molar refractivity (Wildman–Crippen MR) is 77.9 cm³/mol. The molecule has 0 bridgehead atoms. The molecule has 2 N–H and O–H groups in total. The van der Waals surface area contributed by atoms with E-state index >= 15 is 0 Å². The molecule has 0 aliphatic carbocycles. The van der Waals surface area contributed by atoms with Crippen molar-refractivity contribution in [2.45, 2.75) is 6.92 Å². The summed E-state index contributed by atoms with van der Waals surface area (Å²) < 4.78 is 2.29. The van der Waals surface area contributed by atoms with Crippen molar-refractivity contribution in [3.05, 3.63) is 40.5 Å². The lowest BCUT2D eigenvalue weighted by Gasteiger charge is -2.02. The average molecular weight is 282 g/mol. The molecule has 0 aliphatic heterocycles. The number of carbonyl (C=O) groups is 1. The largest absolute Gasteiger partial charge is 0.364 e.